The van der Waals surface area contributed by atoms with E-state index >= 15 is 0 Å². The number of ether oxygens (including phenoxy) is 2. The number of nitrogens with zero attached hydrogens (tertiary/aromatic N) is 1. The minimum absolute atomic E-state index is 0.0867. The van der Waals surface area contributed by atoms with Crippen molar-refractivity contribution in [3.05, 3.63) is 23.8 Å². The molecular formula is C21H31N3O6. The highest BCUT2D eigenvalue weighted by atomic mass is 16.5. The second kappa shape index (κ2) is 10.8. The van der Waals surface area contributed by atoms with Crippen molar-refractivity contribution in [2.75, 3.05) is 27.4 Å². The van der Waals surface area contributed by atoms with Crippen LogP contribution < -0.4 is 20.1 Å². The molecular weight excluding hydrogens is 390 g/mol. The van der Waals surface area contributed by atoms with Gasteiger partial charge in [0.15, 0.2) is 11.5 Å². The number of nitrogens with one attached hydrogen (secondary N) is 2. The van der Waals surface area contributed by atoms with Crippen molar-refractivity contribution in [2.24, 2.45) is 5.92 Å². The van der Waals surface area contributed by atoms with Crippen LogP contribution in [0.1, 0.15) is 32.3 Å². The van der Waals surface area contributed by atoms with E-state index in [9.17, 15) is 19.5 Å². The first kappa shape index (κ1) is 23.5. The Morgan fingerprint density at radius 1 is 1.23 bits per heavy atom. The Hall–Kier alpha value is -2.81. The molecule has 9 nitrogen and oxygen atoms in total. The molecule has 1 heterocycles. The maximum atomic E-state index is 12.6. The molecule has 2 rings (SSSR count). The summed E-state index contributed by atoms with van der Waals surface area (Å²) in [5.41, 5.74) is 0.903. The van der Waals surface area contributed by atoms with Crippen molar-refractivity contribution >= 4 is 17.8 Å². The molecule has 166 valence electrons. The molecule has 1 fully saturated rings. The number of carbonyl (C=O) groups is 3. The fourth-order valence-corrected chi connectivity index (χ4v) is 3.24. The van der Waals surface area contributed by atoms with Crippen LogP contribution in [0.15, 0.2) is 18.2 Å². The van der Waals surface area contributed by atoms with E-state index in [4.69, 9.17) is 9.47 Å². The molecule has 30 heavy (non-hydrogen) atoms. The van der Waals surface area contributed by atoms with Crippen molar-refractivity contribution in [2.45, 2.75) is 45.2 Å². The van der Waals surface area contributed by atoms with Crippen LogP contribution in [0.5, 0.6) is 11.5 Å². The maximum Gasteiger partial charge on any atom is 0.324 e. The zero-order valence-corrected chi connectivity index (χ0v) is 17.9. The van der Waals surface area contributed by atoms with Gasteiger partial charge in [-0.3, -0.25) is 14.5 Å². The number of hydrogen-bond donors (Lipinski definition) is 3. The lowest BCUT2D eigenvalue weighted by atomic mass is 10.0. The van der Waals surface area contributed by atoms with E-state index < -0.39 is 12.1 Å². The van der Waals surface area contributed by atoms with Gasteiger partial charge in [-0.2, -0.15) is 0 Å². The van der Waals surface area contributed by atoms with Crippen LogP contribution in [0.3, 0.4) is 0 Å². The van der Waals surface area contributed by atoms with Crippen molar-refractivity contribution in [1.29, 1.82) is 0 Å². The minimum atomic E-state index is -0.722. The number of amides is 4. The summed E-state index contributed by atoms with van der Waals surface area (Å²) in [7, 11) is 3.10. The molecule has 0 radical (unpaired) electrons. The fraction of sp³-hybridized carbons (Fsp3) is 0.571. The highest BCUT2D eigenvalue weighted by molar-refractivity contribution is 6.04. The van der Waals surface area contributed by atoms with E-state index in [0.717, 1.165) is 5.56 Å². The molecule has 1 unspecified atom stereocenters. The monoisotopic (exact) mass is 421 g/mol. The topological polar surface area (TPSA) is 117 Å². The summed E-state index contributed by atoms with van der Waals surface area (Å²) in [5, 5.41) is 14.7. The lowest BCUT2D eigenvalue weighted by molar-refractivity contribution is -0.127. The van der Waals surface area contributed by atoms with Crippen LogP contribution in [-0.2, 0) is 16.0 Å². The van der Waals surface area contributed by atoms with Gasteiger partial charge in [-0.05, 0) is 36.5 Å². The van der Waals surface area contributed by atoms with Crippen molar-refractivity contribution in [3.63, 3.8) is 0 Å². The molecule has 1 saturated heterocycles. The zero-order valence-electron chi connectivity index (χ0n) is 17.9. The van der Waals surface area contributed by atoms with Crippen LogP contribution in [0.4, 0.5) is 4.79 Å². The molecule has 2 atom stereocenters. The summed E-state index contributed by atoms with van der Waals surface area (Å²) in [6.45, 7) is 3.88. The first-order chi connectivity index (χ1) is 14.3. The standard InChI is InChI=1S/C21H31N3O6/c1-13(2)16(12-25)22-19(26)8-6-15-20(27)24(21(28)23-15)10-9-14-5-7-17(29-3)18(11-14)30-4/h5,7,11,13,15-16,25H,6,8-10,12H2,1-4H3,(H,22,26)(H,23,28)/t15?,16-/m1/s1. The predicted octanol–water partition coefficient (Wildman–Crippen LogP) is 1.08. The van der Waals surface area contributed by atoms with Crippen LogP contribution in [0, 0.1) is 5.92 Å². The molecule has 9 heteroatoms. The molecule has 0 bridgehead atoms. The maximum absolute atomic E-state index is 12.6. The van der Waals surface area contributed by atoms with Gasteiger partial charge >= 0.3 is 6.03 Å². The number of rotatable bonds is 11. The molecule has 4 amide bonds. The Kier molecular flexibility index (Phi) is 8.46. The molecule has 0 aliphatic carbocycles. The second-order valence-corrected chi connectivity index (χ2v) is 7.57. The molecule has 0 saturated carbocycles. The molecule has 1 aliphatic rings. The second-order valence-electron chi connectivity index (χ2n) is 7.57. The Labute approximate surface area is 176 Å². The number of hydrogen-bond acceptors (Lipinski definition) is 6. The molecule has 1 aromatic rings. The van der Waals surface area contributed by atoms with Gasteiger partial charge in [0.1, 0.15) is 6.04 Å². The smallest absolute Gasteiger partial charge is 0.324 e. The number of aliphatic hydroxyl groups is 1. The summed E-state index contributed by atoms with van der Waals surface area (Å²) in [6, 6.07) is 3.93. The third-order valence-corrected chi connectivity index (χ3v) is 5.19. The largest absolute Gasteiger partial charge is 0.493 e. The van der Waals surface area contributed by atoms with Crippen molar-refractivity contribution in [3.8, 4) is 11.5 Å². The van der Waals surface area contributed by atoms with Gasteiger partial charge < -0.3 is 25.2 Å². The number of urea groups is 1. The molecule has 1 aliphatic heterocycles. The molecule has 1 aromatic carbocycles. The SMILES string of the molecule is COc1ccc(CCN2C(=O)NC(CCC(=O)N[C@H](CO)C(C)C)C2=O)cc1OC. The molecule has 3 N–H and O–H groups in total. The summed E-state index contributed by atoms with van der Waals surface area (Å²) in [4.78, 5) is 38.1. The number of imide groups is 1. The fourth-order valence-electron chi connectivity index (χ4n) is 3.24. The van der Waals surface area contributed by atoms with E-state index in [2.05, 4.69) is 10.6 Å². The minimum Gasteiger partial charge on any atom is -0.493 e. The average molecular weight is 421 g/mol. The Morgan fingerprint density at radius 3 is 2.53 bits per heavy atom. The van der Waals surface area contributed by atoms with E-state index in [1.807, 2.05) is 26.0 Å². The number of carbonyl (C=O) groups excluding carboxylic acids is 3. The van der Waals surface area contributed by atoms with Crippen molar-refractivity contribution < 1.29 is 29.0 Å². The van der Waals surface area contributed by atoms with Crippen LogP contribution in [0.25, 0.3) is 0 Å². The van der Waals surface area contributed by atoms with E-state index in [-0.39, 0.29) is 49.8 Å². The van der Waals surface area contributed by atoms with E-state index in [0.29, 0.717) is 17.9 Å². The number of benzene rings is 1. The summed E-state index contributed by atoms with van der Waals surface area (Å²) >= 11 is 0. The van der Waals surface area contributed by atoms with Gasteiger partial charge in [-0.25, -0.2) is 4.79 Å². The lowest BCUT2D eigenvalue weighted by Gasteiger charge is -2.20. The van der Waals surface area contributed by atoms with Gasteiger partial charge in [0, 0.05) is 13.0 Å². The Balaban J connectivity index is 1.88. The summed E-state index contributed by atoms with van der Waals surface area (Å²) < 4.78 is 10.5. The quantitative estimate of drug-likeness (QED) is 0.460. The average Bonchev–Trinajstić information content (AvgIpc) is 3.00. The van der Waals surface area contributed by atoms with Gasteiger partial charge in [0.2, 0.25) is 5.91 Å². The Bertz CT molecular complexity index is 767. The lowest BCUT2D eigenvalue weighted by Crippen LogP contribution is -2.42. The summed E-state index contributed by atoms with van der Waals surface area (Å²) in [6.07, 6.45) is 0.766. The normalized spacial score (nSPS) is 17.1. The predicted molar refractivity (Wildman–Crippen MR) is 110 cm³/mol. The summed E-state index contributed by atoms with van der Waals surface area (Å²) in [5.74, 6) is 0.692. The molecule has 0 spiro atoms. The van der Waals surface area contributed by atoms with E-state index in [1.54, 1.807) is 20.3 Å². The zero-order chi connectivity index (χ0) is 22.3. The third kappa shape index (κ3) is 5.85. The van der Waals surface area contributed by atoms with Crippen molar-refractivity contribution in [1.82, 2.24) is 15.5 Å². The van der Waals surface area contributed by atoms with Gasteiger partial charge in [0.05, 0.1) is 26.9 Å². The highest BCUT2D eigenvalue weighted by Crippen LogP contribution is 2.28. The van der Waals surface area contributed by atoms with Gasteiger partial charge in [0.25, 0.3) is 5.91 Å². The van der Waals surface area contributed by atoms with Gasteiger partial charge in [-0.15, -0.1) is 0 Å². The highest BCUT2D eigenvalue weighted by Gasteiger charge is 2.37. The Morgan fingerprint density at radius 2 is 1.93 bits per heavy atom. The van der Waals surface area contributed by atoms with Crippen LogP contribution in [0.2, 0.25) is 0 Å². The van der Waals surface area contributed by atoms with Crippen LogP contribution in [-0.4, -0.2) is 67.3 Å². The number of methoxy groups -OCH3 is 2. The first-order valence-electron chi connectivity index (χ1n) is 10.0. The third-order valence-electron chi connectivity index (χ3n) is 5.19. The van der Waals surface area contributed by atoms with E-state index in [1.165, 1.54) is 4.90 Å². The van der Waals surface area contributed by atoms with Crippen LogP contribution >= 0.6 is 0 Å². The van der Waals surface area contributed by atoms with Gasteiger partial charge in [-0.1, -0.05) is 19.9 Å². The number of aliphatic hydroxyl groups excluding tert-OH is 1. The molecule has 0 aromatic heterocycles. The first-order valence-corrected chi connectivity index (χ1v) is 10.0.